The molecule has 0 saturated heterocycles. The van der Waals surface area contributed by atoms with Crippen molar-refractivity contribution in [2.75, 3.05) is 0 Å². The summed E-state index contributed by atoms with van der Waals surface area (Å²) in [6.45, 7) is 0. The molecule has 0 atom stereocenters. The summed E-state index contributed by atoms with van der Waals surface area (Å²) in [5, 5.41) is 9.57. The van der Waals surface area contributed by atoms with Gasteiger partial charge >= 0.3 is 0 Å². The van der Waals surface area contributed by atoms with Crippen LogP contribution in [0.15, 0.2) is 309 Å². The first-order valence-electron chi connectivity index (χ1n) is 29.9. The first-order chi connectivity index (χ1) is 43.6. The normalized spacial score (nSPS) is 11.9. The summed E-state index contributed by atoms with van der Waals surface area (Å²) >= 11 is 0. The van der Waals surface area contributed by atoms with Gasteiger partial charge in [-0.25, -0.2) is 15.0 Å². The second kappa shape index (κ2) is 19.8. The summed E-state index contributed by atoms with van der Waals surface area (Å²) in [4.78, 5) is 15.0. The van der Waals surface area contributed by atoms with E-state index in [9.17, 15) is 0 Å². The van der Waals surface area contributed by atoms with E-state index in [0.717, 1.165) is 77.7 Å². The lowest BCUT2D eigenvalue weighted by molar-refractivity contribution is 1.07. The van der Waals surface area contributed by atoms with Crippen molar-refractivity contribution in [3.8, 4) is 79.2 Å². The number of nitrogens with zero attached hydrogens (tertiary/aromatic N) is 7. The summed E-state index contributed by atoms with van der Waals surface area (Å²) in [5.74, 6) is 1.89. The van der Waals surface area contributed by atoms with Crippen LogP contribution in [-0.4, -0.2) is 33.2 Å². The largest absolute Gasteiger partial charge is 0.309 e. The van der Waals surface area contributed by atoms with Crippen LogP contribution < -0.4 is 0 Å². The van der Waals surface area contributed by atoms with E-state index < -0.39 is 0 Å². The highest BCUT2D eigenvalue weighted by Crippen LogP contribution is 2.43. The lowest BCUT2D eigenvalue weighted by atomic mass is 10.0. The Labute approximate surface area is 506 Å². The van der Waals surface area contributed by atoms with Gasteiger partial charge in [-0.05, 0) is 131 Å². The van der Waals surface area contributed by atoms with E-state index in [1.807, 2.05) is 60.7 Å². The van der Waals surface area contributed by atoms with Gasteiger partial charge in [-0.3, -0.25) is 0 Å². The molecule has 0 saturated carbocycles. The summed E-state index contributed by atoms with van der Waals surface area (Å²) < 4.78 is 9.77. The molecule has 13 aromatic carbocycles. The van der Waals surface area contributed by atoms with Gasteiger partial charge in [0.2, 0.25) is 0 Å². The number of hydrogen-bond acceptors (Lipinski definition) is 3. The molecular formula is C81H51N7. The lowest BCUT2D eigenvalue weighted by Crippen LogP contribution is -2.00. The number of fused-ring (bicyclic) bond motifs is 12. The predicted molar refractivity (Wildman–Crippen MR) is 364 cm³/mol. The minimum Gasteiger partial charge on any atom is -0.309 e. The van der Waals surface area contributed by atoms with Gasteiger partial charge in [-0.15, -0.1) is 0 Å². The van der Waals surface area contributed by atoms with Crippen molar-refractivity contribution in [3.63, 3.8) is 0 Å². The van der Waals surface area contributed by atoms with Crippen LogP contribution in [0, 0.1) is 0 Å². The molecular weight excluding hydrogens is 1070 g/mol. The highest BCUT2D eigenvalue weighted by Gasteiger charge is 2.22. The van der Waals surface area contributed by atoms with Crippen molar-refractivity contribution in [1.82, 2.24) is 33.2 Å². The Balaban J connectivity index is 0.826. The molecule has 0 fully saturated rings. The van der Waals surface area contributed by atoms with Crippen molar-refractivity contribution < 1.29 is 0 Å². The minimum absolute atomic E-state index is 0.621. The topological polar surface area (TPSA) is 58.4 Å². The van der Waals surface area contributed by atoms with Crippen LogP contribution in [0.25, 0.3) is 166 Å². The molecule has 0 bridgehead atoms. The number of aromatic nitrogens is 7. The molecule has 0 aliphatic heterocycles. The van der Waals surface area contributed by atoms with Crippen LogP contribution in [0.5, 0.6) is 0 Å². The summed E-state index contributed by atoms with van der Waals surface area (Å²) in [6.07, 6.45) is 0. The summed E-state index contributed by atoms with van der Waals surface area (Å²) in [6, 6.07) is 112. The van der Waals surface area contributed by atoms with Crippen molar-refractivity contribution in [1.29, 1.82) is 0 Å². The Morgan fingerprint density at radius 3 is 0.818 bits per heavy atom. The smallest absolute Gasteiger partial charge is 0.164 e. The van der Waals surface area contributed by atoms with E-state index in [0.29, 0.717) is 17.5 Å². The van der Waals surface area contributed by atoms with Gasteiger partial charge in [0.15, 0.2) is 17.5 Å². The molecule has 0 amide bonds. The van der Waals surface area contributed by atoms with Gasteiger partial charge in [0.25, 0.3) is 0 Å². The van der Waals surface area contributed by atoms with Crippen LogP contribution in [-0.2, 0) is 0 Å². The van der Waals surface area contributed by atoms with Crippen LogP contribution in [0.2, 0.25) is 0 Å². The predicted octanol–water partition coefficient (Wildman–Crippen LogP) is 20.6. The lowest BCUT2D eigenvalue weighted by Gasteiger charge is -2.12. The molecule has 0 radical (unpaired) electrons. The number of para-hydroxylation sites is 3. The second-order valence-corrected chi connectivity index (χ2v) is 22.8. The Morgan fingerprint density at radius 2 is 0.420 bits per heavy atom. The maximum absolute atomic E-state index is 5.05. The monoisotopic (exact) mass is 1120 g/mol. The molecule has 0 spiro atoms. The van der Waals surface area contributed by atoms with Gasteiger partial charge in [0.1, 0.15) is 0 Å². The molecule has 0 aliphatic rings. The van der Waals surface area contributed by atoms with E-state index in [1.54, 1.807) is 0 Å². The van der Waals surface area contributed by atoms with Crippen molar-refractivity contribution in [3.05, 3.63) is 309 Å². The van der Waals surface area contributed by atoms with Crippen LogP contribution in [0.3, 0.4) is 0 Å². The average molecular weight is 1120 g/mol. The molecule has 0 unspecified atom stereocenters. The Kier molecular flexibility index (Phi) is 11.2. The summed E-state index contributed by atoms with van der Waals surface area (Å²) in [7, 11) is 0. The van der Waals surface area contributed by atoms with E-state index in [4.69, 9.17) is 15.0 Å². The highest BCUT2D eigenvalue weighted by atomic mass is 15.0. The molecule has 0 aliphatic carbocycles. The molecule has 5 heterocycles. The van der Waals surface area contributed by atoms with Gasteiger partial charge in [-0.1, -0.05) is 200 Å². The Hall–Kier alpha value is -11.9. The third-order valence-electron chi connectivity index (χ3n) is 17.8. The SMILES string of the molecule is c1ccc(-c2ccc3c4ccccc4n(-c4ccc5c(c4)c4cc(-n6c7ccccc7c7ccc(-c8ccccc8)cc76)ccc4n5-c4ccc5c(c4)c4ccccc4n5-c4ccc(-c5nc(-c6ccccc6)nc(-c6ccccc6)n5)cc4)c3c2)cc1. The summed E-state index contributed by atoms with van der Waals surface area (Å²) in [5.41, 5.74) is 21.0. The Morgan fingerprint density at radius 1 is 0.159 bits per heavy atom. The maximum Gasteiger partial charge on any atom is 0.164 e. The number of benzene rings is 13. The minimum atomic E-state index is 0.621. The first-order valence-corrected chi connectivity index (χ1v) is 29.9. The molecule has 18 rings (SSSR count). The zero-order chi connectivity index (χ0) is 57.8. The molecule has 5 aromatic heterocycles. The zero-order valence-corrected chi connectivity index (χ0v) is 47.6. The molecule has 7 nitrogen and oxygen atoms in total. The quantitative estimate of drug-likeness (QED) is 0.145. The maximum atomic E-state index is 5.05. The highest BCUT2D eigenvalue weighted by molar-refractivity contribution is 6.16. The van der Waals surface area contributed by atoms with E-state index in [2.05, 4.69) is 267 Å². The van der Waals surface area contributed by atoms with E-state index in [1.165, 1.54) is 71.3 Å². The van der Waals surface area contributed by atoms with Gasteiger partial charge in [-0.2, -0.15) is 0 Å². The van der Waals surface area contributed by atoms with Crippen molar-refractivity contribution in [2.24, 2.45) is 0 Å². The molecule has 88 heavy (non-hydrogen) atoms. The van der Waals surface area contributed by atoms with Crippen LogP contribution in [0.4, 0.5) is 0 Å². The average Bonchev–Trinajstić information content (AvgIpc) is 1.71. The van der Waals surface area contributed by atoms with Crippen molar-refractivity contribution >= 4 is 87.2 Å². The molecule has 7 heteroatoms. The fraction of sp³-hybridized carbons (Fsp3) is 0. The van der Waals surface area contributed by atoms with Crippen LogP contribution >= 0.6 is 0 Å². The third kappa shape index (κ3) is 7.88. The molecule has 0 N–H and O–H groups in total. The number of rotatable bonds is 9. The van der Waals surface area contributed by atoms with Gasteiger partial charge in [0, 0.05) is 82.5 Å². The third-order valence-corrected chi connectivity index (χ3v) is 17.8. The van der Waals surface area contributed by atoms with E-state index >= 15 is 0 Å². The first kappa shape index (κ1) is 49.5. The number of hydrogen-bond donors (Lipinski definition) is 0. The Bertz CT molecular complexity index is 5510. The fourth-order valence-electron chi connectivity index (χ4n) is 13.7. The van der Waals surface area contributed by atoms with Crippen molar-refractivity contribution in [2.45, 2.75) is 0 Å². The van der Waals surface area contributed by atoms with Gasteiger partial charge < -0.3 is 18.3 Å². The second-order valence-electron chi connectivity index (χ2n) is 22.8. The zero-order valence-electron chi connectivity index (χ0n) is 47.6. The van der Waals surface area contributed by atoms with Crippen LogP contribution in [0.1, 0.15) is 0 Å². The molecule has 410 valence electrons. The fourth-order valence-corrected chi connectivity index (χ4v) is 13.7. The standard InChI is InChI=1S/C81H51N7/c1-5-19-52(20-6-1)57-35-42-66-63-27-13-16-30-71(63)87(77(66)47-57)61-40-45-75-69(50-61)70-51-62(88-72-31-17-14-28-64(72)67-43-36-58(48-78(67)88)53-21-7-2-8-22-53)41-46-76(70)86(75)60-39-44-74-68(49-60)65-29-15-18-32-73(65)85(74)59-37-33-56(34-38-59)81-83-79(54-23-9-3-10-24-54)82-80(84-81)55-25-11-4-12-26-55/h1-51H. The molecule has 18 aromatic rings. The van der Waals surface area contributed by atoms with E-state index in [-0.39, 0.29) is 0 Å². The van der Waals surface area contributed by atoms with Gasteiger partial charge in [0.05, 0.1) is 44.1 Å².